The molecule has 0 saturated carbocycles. The number of amidine groups is 1. The normalized spacial score (nSPS) is 24.3. The zero-order valence-electron chi connectivity index (χ0n) is 10.2. The molecular weight excluding hydrogens is 230 g/mol. The van der Waals surface area contributed by atoms with E-state index >= 15 is 0 Å². The third-order valence-electron chi connectivity index (χ3n) is 2.69. The summed E-state index contributed by atoms with van der Waals surface area (Å²) in [5.41, 5.74) is 1.07. The van der Waals surface area contributed by atoms with Gasteiger partial charge in [-0.15, -0.1) is 0 Å². The largest absolute Gasteiger partial charge is 0.353 e. The summed E-state index contributed by atoms with van der Waals surface area (Å²) in [6.45, 7) is 2.51. The van der Waals surface area contributed by atoms with Crippen molar-refractivity contribution >= 4 is 5.84 Å². The van der Waals surface area contributed by atoms with Crippen molar-refractivity contribution in [2.75, 3.05) is 13.4 Å². The summed E-state index contributed by atoms with van der Waals surface area (Å²) in [5, 5.41) is 11.1. The van der Waals surface area contributed by atoms with E-state index in [2.05, 4.69) is 10.3 Å². The molecule has 0 unspecified atom stereocenters. The van der Waals surface area contributed by atoms with Crippen LogP contribution in [0, 0.1) is 11.5 Å². The Hall–Kier alpha value is -1.90. The fourth-order valence-corrected chi connectivity index (χ4v) is 1.92. The molecule has 0 aromatic heterocycles. The highest BCUT2D eigenvalue weighted by molar-refractivity contribution is 5.81. The molecule has 1 aromatic rings. The van der Waals surface area contributed by atoms with Crippen LogP contribution in [0.15, 0.2) is 35.3 Å². The average molecular weight is 245 g/mol. The topological polar surface area (TPSA) is 66.6 Å². The van der Waals surface area contributed by atoms with Crippen molar-refractivity contribution in [3.8, 4) is 6.19 Å². The Morgan fingerprint density at radius 1 is 1.44 bits per heavy atom. The average Bonchev–Trinajstić information content (AvgIpc) is 2.40. The minimum atomic E-state index is -0.137. The molecule has 1 N–H and O–H groups in total. The molecule has 1 aliphatic heterocycles. The van der Waals surface area contributed by atoms with Crippen LogP contribution < -0.4 is 5.32 Å². The summed E-state index contributed by atoms with van der Waals surface area (Å²) in [5.74, 6) is 0.567. The van der Waals surface area contributed by atoms with Crippen LogP contribution in [0.2, 0.25) is 0 Å². The van der Waals surface area contributed by atoms with E-state index in [0.29, 0.717) is 12.4 Å². The SMILES string of the molecule is CC(=N[C@@H]1COCO[C@H]1c1ccccc1)NC#N. The maximum Gasteiger partial charge on any atom is 0.182 e. The second-order valence-electron chi connectivity index (χ2n) is 4.01. The molecule has 0 spiro atoms. The first kappa shape index (κ1) is 12.6. The summed E-state index contributed by atoms with van der Waals surface area (Å²) in [7, 11) is 0. The van der Waals surface area contributed by atoms with Crippen molar-refractivity contribution in [3.05, 3.63) is 35.9 Å². The van der Waals surface area contributed by atoms with Gasteiger partial charge in [0.1, 0.15) is 24.8 Å². The maximum atomic E-state index is 8.54. The fourth-order valence-electron chi connectivity index (χ4n) is 1.92. The molecule has 0 aliphatic carbocycles. The molecule has 5 nitrogen and oxygen atoms in total. The lowest BCUT2D eigenvalue weighted by molar-refractivity contribution is -0.150. The highest BCUT2D eigenvalue weighted by Crippen LogP contribution is 2.26. The number of aliphatic imine (C=N–C) groups is 1. The van der Waals surface area contributed by atoms with Crippen LogP contribution in [-0.2, 0) is 9.47 Å². The first-order valence-electron chi connectivity index (χ1n) is 5.75. The Morgan fingerprint density at radius 3 is 2.94 bits per heavy atom. The van der Waals surface area contributed by atoms with Crippen molar-refractivity contribution < 1.29 is 9.47 Å². The molecule has 0 bridgehead atoms. The Morgan fingerprint density at radius 2 is 2.22 bits per heavy atom. The summed E-state index contributed by atoms with van der Waals surface area (Å²) in [6, 6.07) is 9.77. The zero-order chi connectivity index (χ0) is 12.8. The maximum absolute atomic E-state index is 8.54. The summed E-state index contributed by atoms with van der Waals surface area (Å²) < 4.78 is 10.9. The molecule has 18 heavy (non-hydrogen) atoms. The predicted molar refractivity (Wildman–Crippen MR) is 66.7 cm³/mol. The van der Waals surface area contributed by atoms with Gasteiger partial charge in [-0.3, -0.25) is 10.3 Å². The van der Waals surface area contributed by atoms with Crippen molar-refractivity contribution in [1.29, 1.82) is 5.26 Å². The lowest BCUT2D eigenvalue weighted by Gasteiger charge is -2.29. The van der Waals surface area contributed by atoms with Gasteiger partial charge in [-0.05, 0) is 12.5 Å². The molecule has 94 valence electrons. The number of hydrogen-bond acceptors (Lipinski definition) is 4. The van der Waals surface area contributed by atoms with Gasteiger partial charge in [0.25, 0.3) is 0 Å². The Bertz CT molecular complexity index is 453. The molecule has 2 atom stereocenters. The van der Waals surface area contributed by atoms with E-state index < -0.39 is 0 Å². The number of hydrogen-bond donors (Lipinski definition) is 1. The molecule has 5 heteroatoms. The zero-order valence-corrected chi connectivity index (χ0v) is 10.2. The number of ether oxygens (including phenoxy) is 2. The van der Waals surface area contributed by atoms with E-state index in [0.717, 1.165) is 5.56 Å². The predicted octanol–water partition coefficient (Wildman–Crippen LogP) is 1.59. The van der Waals surface area contributed by atoms with Crippen LogP contribution in [0.4, 0.5) is 0 Å². The van der Waals surface area contributed by atoms with Gasteiger partial charge < -0.3 is 9.47 Å². The fraction of sp³-hybridized carbons (Fsp3) is 0.385. The van der Waals surface area contributed by atoms with E-state index in [1.807, 2.05) is 36.5 Å². The Kier molecular flexibility index (Phi) is 4.29. The van der Waals surface area contributed by atoms with E-state index in [4.69, 9.17) is 14.7 Å². The van der Waals surface area contributed by atoms with Crippen molar-refractivity contribution in [2.24, 2.45) is 4.99 Å². The van der Waals surface area contributed by atoms with Crippen LogP contribution in [0.1, 0.15) is 18.6 Å². The van der Waals surface area contributed by atoms with Gasteiger partial charge in [-0.2, -0.15) is 5.26 Å². The van der Waals surface area contributed by atoms with Gasteiger partial charge >= 0.3 is 0 Å². The number of nitrogens with one attached hydrogen (secondary N) is 1. The lowest BCUT2D eigenvalue weighted by atomic mass is 10.0. The van der Waals surface area contributed by atoms with Crippen LogP contribution in [0.3, 0.4) is 0 Å². The molecule has 1 aliphatic rings. The van der Waals surface area contributed by atoms with Crippen LogP contribution in [0.5, 0.6) is 0 Å². The van der Waals surface area contributed by atoms with E-state index in [9.17, 15) is 0 Å². The standard InChI is InChI=1S/C13H15N3O2/c1-10(15-8-14)16-12-7-17-9-18-13(12)11-5-3-2-4-6-11/h2-6,12-13H,7,9H2,1H3,(H,15,16)/t12-,13+/m1/s1. The molecular formula is C13H15N3O2. The van der Waals surface area contributed by atoms with E-state index in [-0.39, 0.29) is 18.9 Å². The number of nitrogens with zero attached hydrogens (tertiary/aromatic N) is 2. The minimum absolute atomic E-state index is 0.129. The van der Waals surface area contributed by atoms with Crippen molar-refractivity contribution in [2.45, 2.75) is 19.1 Å². The monoisotopic (exact) mass is 245 g/mol. The van der Waals surface area contributed by atoms with Crippen molar-refractivity contribution in [3.63, 3.8) is 0 Å². The van der Waals surface area contributed by atoms with Crippen LogP contribution in [0.25, 0.3) is 0 Å². The number of nitriles is 1. The first-order chi connectivity index (χ1) is 8.81. The van der Waals surface area contributed by atoms with Crippen LogP contribution >= 0.6 is 0 Å². The van der Waals surface area contributed by atoms with Gasteiger partial charge in [0.15, 0.2) is 6.19 Å². The van der Waals surface area contributed by atoms with Gasteiger partial charge in [-0.1, -0.05) is 30.3 Å². The highest BCUT2D eigenvalue weighted by Gasteiger charge is 2.27. The summed E-state index contributed by atoms with van der Waals surface area (Å²) >= 11 is 0. The second-order valence-corrected chi connectivity index (χ2v) is 4.01. The molecule has 0 amide bonds. The third-order valence-corrected chi connectivity index (χ3v) is 2.69. The lowest BCUT2D eigenvalue weighted by Crippen LogP contribution is -2.33. The molecule has 1 saturated heterocycles. The van der Waals surface area contributed by atoms with Gasteiger partial charge in [-0.25, -0.2) is 0 Å². The molecule has 2 rings (SSSR count). The van der Waals surface area contributed by atoms with E-state index in [1.54, 1.807) is 6.92 Å². The number of rotatable bonds is 2. The first-order valence-corrected chi connectivity index (χ1v) is 5.75. The highest BCUT2D eigenvalue weighted by atomic mass is 16.7. The number of benzene rings is 1. The van der Waals surface area contributed by atoms with Crippen molar-refractivity contribution in [1.82, 2.24) is 5.32 Å². The van der Waals surface area contributed by atoms with Gasteiger partial charge in [0.05, 0.1) is 6.61 Å². The smallest absolute Gasteiger partial charge is 0.182 e. The Labute approximate surface area is 106 Å². The quantitative estimate of drug-likeness (QED) is 0.372. The van der Waals surface area contributed by atoms with Crippen LogP contribution in [-0.4, -0.2) is 25.3 Å². The molecule has 0 radical (unpaired) electrons. The Balaban J connectivity index is 2.17. The van der Waals surface area contributed by atoms with Gasteiger partial charge in [0.2, 0.25) is 0 Å². The third kappa shape index (κ3) is 3.06. The molecule has 1 aromatic carbocycles. The summed E-state index contributed by atoms with van der Waals surface area (Å²) in [6.07, 6.45) is 1.72. The summed E-state index contributed by atoms with van der Waals surface area (Å²) in [4.78, 5) is 4.42. The second kappa shape index (κ2) is 6.15. The van der Waals surface area contributed by atoms with Gasteiger partial charge in [0, 0.05) is 0 Å². The molecule has 1 fully saturated rings. The molecule has 1 heterocycles. The van der Waals surface area contributed by atoms with E-state index in [1.165, 1.54) is 0 Å². The minimum Gasteiger partial charge on any atom is -0.353 e.